The van der Waals surface area contributed by atoms with Gasteiger partial charge in [-0.15, -0.1) is 12.6 Å². The Hall–Kier alpha value is -1.66. The van der Waals surface area contributed by atoms with E-state index < -0.39 is 0 Å². The fraction of sp³-hybridized carbons (Fsp3) is 0.500. The zero-order chi connectivity index (χ0) is 17.1. The topological polar surface area (TPSA) is 50.8 Å². The number of carbonyl (C=O) groups excluding carboxylic acids is 1. The molecule has 1 aliphatic heterocycles. The maximum absolute atomic E-state index is 12.0. The molecule has 1 aromatic carbocycles. The number of aryl methyl sites for hydroxylation is 2. The van der Waals surface area contributed by atoms with Crippen LogP contribution in [0, 0.1) is 0 Å². The summed E-state index contributed by atoms with van der Waals surface area (Å²) >= 11 is 4.52. The van der Waals surface area contributed by atoms with Crippen molar-refractivity contribution in [2.45, 2.75) is 31.2 Å². The van der Waals surface area contributed by atoms with E-state index >= 15 is 0 Å². The van der Waals surface area contributed by atoms with Crippen molar-refractivity contribution in [3.63, 3.8) is 0 Å². The molecule has 130 valence electrons. The number of amides is 1. The first-order valence-electron chi connectivity index (χ1n) is 8.30. The van der Waals surface area contributed by atoms with Gasteiger partial charge in [0.15, 0.2) is 0 Å². The van der Waals surface area contributed by atoms with E-state index in [0.29, 0.717) is 13.2 Å². The molecule has 0 aromatic heterocycles. The number of nitrogens with one attached hydrogen (secondary N) is 1. The largest absolute Gasteiger partial charge is 0.496 e. The van der Waals surface area contributed by atoms with Crippen molar-refractivity contribution in [1.29, 1.82) is 0 Å². The number of fused-ring (bicyclic) bond motifs is 1. The number of benzene rings is 1. The van der Waals surface area contributed by atoms with Gasteiger partial charge in [-0.3, -0.25) is 4.79 Å². The van der Waals surface area contributed by atoms with Crippen molar-refractivity contribution in [3.8, 4) is 5.75 Å². The quantitative estimate of drug-likeness (QED) is 0.801. The third kappa shape index (κ3) is 3.39. The lowest BCUT2D eigenvalue weighted by Crippen LogP contribution is -2.48. The molecule has 1 aliphatic carbocycles. The highest BCUT2D eigenvalue weighted by Gasteiger charge is 2.28. The highest BCUT2D eigenvalue weighted by atomic mass is 32.1. The molecule has 1 N–H and O–H groups in total. The average molecular weight is 348 g/mol. The second-order valence-corrected chi connectivity index (χ2v) is 6.62. The SMILES string of the molecule is COCCN1C(c2cc3c(cc2OC)CCCC3)=CC(=O)NC1S. The Kier molecular flexibility index (Phi) is 5.36. The second kappa shape index (κ2) is 7.49. The third-order valence-electron chi connectivity index (χ3n) is 4.62. The maximum atomic E-state index is 12.0. The number of hydrogen-bond donors (Lipinski definition) is 2. The third-order valence-corrected chi connectivity index (χ3v) is 5.03. The average Bonchev–Trinajstić information content (AvgIpc) is 2.59. The highest BCUT2D eigenvalue weighted by Crippen LogP contribution is 2.36. The molecule has 3 rings (SSSR count). The molecule has 6 heteroatoms. The van der Waals surface area contributed by atoms with Gasteiger partial charge in [0.1, 0.15) is 11.2 Å². The van der Waals surface area contributed by atoms with Crippen LogP contribution in [0.2, 0.25) is 0 Å². The van der Waals surface area contributed by atoms with Crippen LogP contribution in [0.5, 0.6) is 5.75 Å². The zero-order valence-electron chi connectivity index (χ0n) is 14.2. The van der Waals surface area contributed by atoms with Gasteiger partial charge in [0.05, 0.1) is 19.4 Å². The molecule has 1 heterocycles. The Labute approximate surface area is 148 Å². The van der Waals surface area contributed by atoms with E-state index in [9.17, 15) is 4.79 Å². The minimum atomic E-state index is -0.381. The van der Waals surface area contributed by atoms with Crippen molar-refractivity contribution in [2.24, 2.45) is 0 Å². The summed E-state index contributed by atoms with van der Waals surface area (Å²) in [5.41, 5.74) is 4.11. The second-order valence-electron chi connectivity index (χ2n) is 6.13. The summed E-state index contributed by atoms with van der Waals surface area (Å²) in [6, 6.07) is 4.30. The molecular formula is C18H24N2O3S. The first-order chi connectivity index (χ1) is 11.6. The van der Waals surface area contributed by atoms with Crippen LogP contribution in [0.25, 0.3) is 5.70 Å². The molecule has 0 radical (unpaired) electrons. The van der Waals surface area contributed by atoms with Gasteiger partial charge in [0.25, 0.3) is 0 Å². The first-order valence-corrected chi connectivity index (χ1v) is 8.81. The van der Waals surface area contributed by atoms with Crippen molar-refractivity contribution < 1.29 is 14.3 Å². The molecule has 1 atom stereocenters. The summed E-state index contributed by atoms with van der Waals surface area (Å²) in [6.45, 7) is 1.19. The highest BCUT2D eigenvalue weighted by molar-refractivity contribution is 7.80. The van der Waals surface area contributed by atoms with E-state index in [2.05, 4.69) is 30.1 Å². The Bertz CT molecular complexity index is 660. The number of thiol groups is 1. The van der Waals surface area contributed by atoms with Gasteiger partial charge in [-0.2, -0.15) is 0 Å². The molecule has 5 nitrogen and oxygen atoms in total. The van der Waals surface area contributed by atoms with Crippen LogP contribution in [0.1, 0.15) is 29.5 Å². The minimum absolute atomic E-state index is 0.140. The zero-order valence-corrected chi connectivity index (χ0v) is 15.1. The fourth-order valence-corrected chi connectivity index (χ4v) is 3.75. The van der Waals surface area contributed by atoms with Crippen molar-refractivity contribution in [3.05, 3.63) is 34.9 Å². The first kappa shape index (κ1) is 17.2. The van der Waals surface area contributed by atoms with E-state index in [-0.39, 0.29) is 11.4 Å². The maximum Gasteiger partial charge on any atom is 0.248 e. The number of carbonyl (C=O) groups is 1. The van der Waals surface area contributed by atoms with Crippen LogP contribution >= 0.6 is 12.6 Å². The molecule has 1 aromatic rings. The van der Waals surface area contributed by atoms with Gasteiger partial charge in [-0.05, 0) is 48.9 Å². The Morgan fingerprint density at radius 1 is 1.25 bits per heavy atom. The Morgan fingerprint density at radius 2 is 1.96 bits per heavy atom. The Balaban J connectivity index is 2.05. The summed E-state index contributed by atoms with van der Waals surface area (Å²) in [6.07, 6.45) is 6.22. The van der Waals surface area contributed by atoms with Crippen LogP contribution in [0.15, 0.2) is 18.2 Å². The smallest absolute Gasteiger partial charge is 0.248 e. The van der Waals surface area contributed by atoms with Crippen LogP contribution in [0.3, 0.4) is 0 Å². The Morgan fingerprint density at radius 3 is 2.62 bits per heavy atom. The number of nitrogens with zero attached hydrogens (tertiary/aromatic N) is 1. The number of ether oxygens (including phenoxy) is 2. The monoisotopic (exact) mass is 348 g/mol. The van der Waals surface area contributed by atoms with Crippen LogP contribution < -0.4 is 10.1 Å². The molecule has 0 fully saturated rings. The van der Waals surface area contributed by atoms with E-state index in [1.807, 2.05) is 4.90 Å². The fourth-order valence-electron chi connectivity index (χ4n) is 3.38. The molecule has 2 aliphatic rings. The van der Waals surface area contributed by atoms with Gasteiger partial charge in [-0.1, -0.05) is 0 Å². The molecular weight excluding hydrogens is 324 g/mol. The lowest BCUT2D eigenvalue weighted by Gasteiger charge is -2.36. The van der Waals surface area contributed by atoms with Gasteiger partial charge in [0, 0.05) is 25.3 Å². The van der Waals surface area contributed by atoms with Crippen molar-refractivity contribution in [1.82, 2.24) is 10.2 Å². The number of rotatable bonds is 5. The lowest BCUT2D eigenvalue weighted by molar-refractivity contribution is -0.117. The van der Waals surface area contributed by atoms with Crippen LogP contribution in [-0.4, -0.2) is 43.7 Å². The summed E-state index contributed by atoms with van der Waals surface area (Å²) in [7, 11) is 3.34. The van der Waals surface area contributed by atoms with E-state index in [1.54, 1.807) is 20.3 Å². The van der Waals surface area contributed by atoms with Gasteiger partial charge >= 0.3 is 0 Å². The molecule has 1 amide bonds. The summed E-state index contributed by atoms with van der Waals surface area (Å²) in [5, 5.41) is 2.82. The normalized spacial score (nSPS) is 20.3. The molecule has 1 unspecified atom stereocenters. The molecule has 24 heavy (non-hydrogen) atoms. The molecule has 0 spiro atoms. The van der Waals surface area contributed by atoms with Crippen LogP contribution in [-0.2, 0) is 22.4 Å². The van der Waals surface area contributed by atoms with E-state index in [4.69, 9.17) is 9.47 Å². The van der Waals surface area contributed by atoms with Crippen molar-refractivity contribution in [2.75, 3.05) is 27.4 Å². The lowest BCUT2D eigenvalue weighted by atomic mass is 9.89. The van der Waals surface area contributed by atoms with E-state index in [1.165, 1.54) is 24.0 Å². The minimum Gasteiger partial charge on any atom is -0.496 e. The standard InChI is InChI=1S/C18H24N2O3S/c1-22-8-7-20-15(11-17(21)19-18(20)24)14-9-12-5-3-4-6-13(12)10-16(14)23-2/h9-11,18,24H,3-8H2,1-2H3,(H,19,21). The predicted octanol–water partition coefficient (Wildman–Crippen LogP) is 2.21. The van der Waals surface area contributed by atoms with Crippen LogP contribution in [0.4, 0.5) is 0 Å². The summed E-state index contributed by atoms with van der Waals surface area (Å²) in [5.74, 6) is 0.665. The van der Waals surface area contributed by atoms with Gasteiger partial charge < -0.3 is 19.7 Å². The summed E-state index contributed by atoms with van der Waals surface area (Å²) in [4.78, 5) is 14.1. The summed E-state index contributed by atoms with van der Waals surface area (Å²) < 4.78 is 10.8. The predicted molar refractivity (Wildman–Crippen MR) is 97.1 cm³/mol. The van der Waals surface area contributed by atoms with Crippen molar-refractivity contribution >= 4 is 24.2 Å². The van der Waals surface area contributed by atoms with E-state index in [0.717, 1.165) is 29.9 Å². The molecule has 0 saturated carbocycles. The molecule has 0 saturated heterocycles. The number of hydrogen-bond acceptors (Lipinski definition) is 5. The molecule has 0 bridgehead atoms. The van der Waals surface area contributed by atoms with Gasteiger partial charge in [0.2, 0.25) is 5.91 Å². The van der Waals surface area contributed by atoms with Gasteiger partial charge in [-0.25, -0.2) is 0 Å². The number of methoxy groups -OCH3 is 2.